The zero-order valence-electron chi connectivity index (χ0n) is 9.70. The van der Waals surface area contributed by atoms with Crippen LogP contribution in [0.4, 0.5) is 0 Å². The van der Waals surface area contributed by atoms with Crippen LogP contribution in [-0.4, -0.2) is 11.2 Å². The lowest BCUT2D eigenvalue weighted by Crippen LogP contribution is -2.26. The molecule has 17 heavy (non-hydrogen) atoms. The van der Waals surface area contributed by atoms with E-state index in [9.17, 15) is 10.1 Å². The molecule has 1 aromatic carbocycles. The van der Waals surface area contributed by atoms with Crippen molar-refractivity contribution in [3.63, 3.8) is 0 Å². The molecular formula is C13H15NO3. The SMILES string of the molecule is CCCC1=CO[C@@H]([N+](=O)[O-])[C@@H]1c1ccccc1. The van der Waals surface area contributed by atoms with Crippen molar-refractivity contribution in [1.29, 1.82) is 0 Å². The van der Waals surface area contributed by atoms with E-state index >= 15 is 0 Å². The maximum Gasteiger partial charge on any atom is 0.364 e. The van der Waals surface area contributed by atoms with Gasteiger partial charge >= 0.3 is 6.23 Å². The third kappa shape index (κ3) is 2.30. The molecule has 0 aliphatic carbocycles. The lowest BCUT2D eigenvalue weighted by atomic mass is 9.89. The maximum atomic E-state index is 11.0. The molecule has 0 N–H and O–H groups in total. The average Bonchev–Trinajstić information content (AvgIpc) is 2.74. The van der Waals surface area contributed by atoms with Crippen LogP contribution in [0.2, 0.25) is 0 Å². The molecule has 0 saturated heterocycles. The Hall–Kier alpha value is -1.84. The van der Waals surface area contributed by atoms with Crippen molar-refractivity contribution in [3.05, 3.63) is 57.8 Å². The highest BCUT2D eigenvalue weighted by atomic mass is 16.7. The molecule has 0 bridgehead atoms. The highest BCUT2D eigenvalue weighted by Crippen LogP contribution is 2.37. The Bertz CT molecular complexity index is 428. The summed E-state index contributed by atoms with van der Waals surface area (Å²) in [5.74, 6) is -0.244. The first-order chi connectivity index (χ1) is 8.24. The number of nitrogens with zero attached hydrogens (tertiary/aromatic N) is 1. The topological polar surface area (TPSA) is 52.4 Å². The van der Waals surface area contributed by atoms with Crippen molar-refractivity contribution in [2.75, 3.05) is 0 Å². The van der Waals surface area contributed by atoms with Gasteiger partial charge in [0, 0.05) is 0 Å². The van der Waals surface area contributed by atoms with Crippen molar-refractivity contribution in [2.24, 2.45) is 0 Å². The van der Waals surface area contributed by atoms with E-state index in [1.165, 1.54) is 0 Å². The van der Waals surface area contributed by atoms with Crippen LogP contribution in [0.1, 0.15) is 31.2 Å². The van der Waals surface area contributed by atoms with Gasteiger partial charge in [0.15, 0.2) is 0 Å². The van der Waals surface area contributed by atoms with Gasteiger partial charge in [-0.1, -0.05) is 43.7 Å². The normalized spacial score (nSPS) is 23.0. The first kappa shape index (κ1) is 11.6. The minimum Gasteiger partial charge on any atom is -0.437 e. The second kappa shape index (κ2) is 4.99. The van der Waals surface area contributed by atoms with Crippen LogP contribution in [-0.2, 0) is 4.74 Å². The molecule has 0 amide bonds. The largest absolute Gasteiger partial charge is 0.437 e. The molecule has 2 atom stereocenters. The molecule has 2 rings (SSSR count). The molecule has 0 fully saturated rings. The zero-order valence-corrected chi connectivity index (χ0v) is 9.70. The van der Waals surface area contributed by atoms with Crippen molar-refractivity contribution in [1.82, 2.24) is 0 Å². The molecule has 0 saturated carbocycles. The molecule has 90 valence electrons. The lowest BCUT2D eigenvalue weighted by molar-refractivity contribution is -0.569. The molecule has 0 spiro atoms. The highest BCUT2D eigenvalue weighted by molar-refractivity contribution is 5.31. The van der Waals surface area contributed by atoms with Crippen molar-refractivity contribution < 1.29 is 9.66 Å². The van der Waals surface area contributed by atoms with E-state index in [-0.39, 0.29) is 10.8 Å². The van der Waals surface area contributed by atoms with E-state index in [1.54, 1.807) is 6.26 Å². The van der Waals surface area contributed by atoms with Crippen molar-refractivity contribution in [3.8, 4) is 0 Å². The Balaban J connectivity index is 2.30. The Morgan fingerprint density at radius 1 is 1.35 bits per heavy atom. The van der Waals surface area contributed by atoms with Gasteiger partial charge in [0.25, 0.3) is 0 Å². The molecule has 1 aromatic rings. The van der Waals surface area contributed by atoms with Crippen molar-refractivity contribution in [2.45, 2.75) is 31.9 Å². The summed E-state index contributed by atoms with van der Waals surface area (Å²) in [6.07, 6.45) is 2.39. The molecule has 0 unspecified atom stereocenters. The number of hydrogen-bond acceptors (Lipinski definition) is 3. The van der Waals surface area contributed by atoms with E-state index in [0.29, 0.717) is 0 Å². The van der Waals surface area contributed by atoms with Gasteiger partial charge in [-0.05, 0) is 17.6 Å². The Kier molecular flexibility index (Phi) is 3.42. The maximum absolute atomic E-state index is 11.0. The first-order valence-corrected chi connectivity index (χ1v) is 5.77. The minimum absolute atomic E-state index is 0.244. The van der Waals surface area contributed by atoms with Crippen LogP contribution in [0.15, 0.2) is 42.2 Å². The number of benzene rings is 1. The second-order valence-corrected chi connectivity index (χ2v) is 4.14. The molecule has 1 heterocycles. The summed E-state index contributed by atoms with van der Waals surface area (Å²) in [6, 6.07) is 9.53. The smallest absolute Gasteiger partial charge is 0.364 e. The summed E-state index contributed by atoms with van der Waals surface area (Å²) < 4.78 is 5.19. The second-order valence-electron chi connectivity index (χ2n) is 4.14. The fourth-order valence-electron chi connectivity index (χ4n) is 2.21. The van der Waals surface area contributed by atoms with Crippen LogP contribution in [0.3, 0.4) is 0 Å². The highest BCUT2D eigenvalue weighted by Gasteiger charge is 2.40. The molecule has 1 aliphatic heterocycles. The third-order valence-corrected chi connectivity index (χ3v) is 2.95. The summed E-state index contributed by atoms with van der Waals surface area (Å²) in [7, 11) is 0. The quantitative estimate of drug-likeness (QED) is 0.593. The van der Waals surface area contributed by atoms with Crippen LogP contribution >= 0.6 is 0 Å². The van der Waals surface area contributed by atoms with Gasteiger partial charge in [0.2, 0.25) is 0 Å². The van der Waals surface area contributed by atoms with E-state index in [4.69, 9.17) is 4.74 Å². The number of nitro groups is 1. The van der Waals surface area contributed by atoms with Crippen LogP contribution < -0.4 is 0 Å². The molecule has 1 aliphatic rings. The number of hydrogen-bond donors (Lipinski definition) is 0. The standard InChI is InChI=1S/C13H15NO3/c1-2-6-11-9-17-13(14(15)16)12(11)10-7-4-3-5-8-10/h3-5,7-9,12-13H,2,6H2,1H3/t12-,13-/m1/s1. The Labute approximate surface area is 100 Å². The van der Waals surface area contributed by atoms with Gasteiger partial charge < -0.3 is 4.74 Å². The van der Waals surface area contributed by atoms with Crippen LogP contribution in [0.25, 0.3) is 0 Å². The molecule has 4 nitrogen and oxygen atoms in total. The van der Waals surface area contributed by atoms with Gasteiger partial charge in [-0.25, -0.2) is 0 Å². The average molecular weight is 233 g/mol. The zero-order chi connectivity index (χ0) is 12.3. The van der Waals surface area contributed by atoms with E-state index < -0.39 is 6.23 Å². The Morgan fingerprint density at radius 2 is 2.06 bits per heavy atom. The van der Waals surface area contributed by atoms with E-state index in [2.05, 4.69) is 6.92 Å². The summed E-state index contributed by atoms with van der Waals surface area (Å²) in [6.45, 7) is 2.06. The predicted octanol–water partition coefficient (Wildman–Crippen LogP) is 3.09. The third-order valence-electron chi connectivity index (χ3n) is 2.95. The monoisotopic (exact) mass is 233 g/mol. The van der Waals surface area contributed by atoms with Gasteiger partial charge in [0.05, 0.1) is 11.2 Å². The fourth-order valence-corrected chi connectivity index (χ4v) is 2.21. The summed E-state index contributed by atoms with van der Waals surface area (Å²) in [5.41, 5.74) is 1.96. The van der Waals surface area contributed by atoms with Gasteiger partial charge in [-0.15, -0.1) is 0 Å². The van der Waals surface area contributed by atoms with Gasteiger partial charge in [-0.3, -0.25) is 10.1 Å². The number of rotatable bonds is 4. The minimum atomic E-state index is -0.973. The summed E-state index contributed by atoms with van der Waals surface area (Å²) in [4.78, 5) is 10.6. The molecule has 0 radical (unpaired) electrons. The summed E-state index contributed by atoms with van der Waals surface area (Å²) >= 11 is 0. The van der Waals surface area contributed by atoms with Gasteiger partial charge in [0.1, 0.15) is 5.92 Å². The lowest BCUT2D eigenvalue weighted by Gasteiger charge is -2.15. The molecule has 0 aromatic heterocycles. The fraction of sp³-hybridized carbons (Fsp3) is 0.385. The first-order valence-electron chi connectivity index (χ1n) is 5.77. The van der Waals surface area contributed by atoms with Crippen LogP contribution in [0.5, 0.6) is 0 Å². The summed E-state index contributed by atoms with van der Waals surface area (Å²) in [5, 5.41) is 11.0. The van der Waals surface area contributed by atoms with Crippen LogP contribution in [0, 0.1) is 10.1 Å². The van der Waals surface area contributed by atoms with Crippen molar-refractivity contribution >= 4 is 0 Å². The van der Waals surface area contributed by atoms with Gasteiger partial charge in [-0.2, -0.15) is 0 Å². The molecular weight excluding hydrogens is 218 g/mol. The molecule has 4 heteroatoms. The van der Waals surface area contributed by atoms with E-state index in [1.807, 2.05) is 30.3 Å². The predicted molar refractivity (Wildman–Crippen MR) is 64.0 cm³/mol. The van der Waals surface area contributed by atoms with E-state index in [0.717, 1.165) is 24.0 Å². The number of ether oxygens (including phenoxy) is 1. The Morgan fingerprint density at radius 3 is 2.65 bits per heavy atom.